The van der Waals surface area contributed by atoms with Crippen molar-refractivity contribution >= 4 is 5.91 Å². The molecule has 0 atom stereocenters. The van der Waals surface area contributed by atoms with Crippen molar-refractivity contribution in [1.82, 2.24) is 10.2 Å². The number of hydrogen-bond acceptors (Lipinski definition) is 3. The van der Waals surface area contributed by atoms with Crippen LogP contribution in [0.4, 0.5) is 0 Å². The van der Waals surface area contributed by atoms with E-state index < -0.39 is 0 Å². The summed E-state index contributed by atoms with van der Waals surface area (Å²) < 4.78 is 5.27. The van der Waals surface area contributed by atoms with E-state index >= 15 is 0 Å². The van der Waals surface area contributed by atoms with Gasteiger partial charge < -0.3 is 10.1 Å². The van der Waals surface area contributed by atoms with E-state index in [-0.39, 0.29) is 5.91 Å². The molecular weight excluding hydrogens is 216 g/mol. The molecule has 0 bridgehead atoms. The normalized spacial score (nSPS) is 17.0. The van der Waals surface area contributed by atoms with Gasteiger partial charge in [0, 0.05) is 32.6 Å². The Labute approximate surface area is 105 Å². The number of ether oxygens (including phenoxy) is 1. The molecule has 1 saturated heterocycles. The lowest BCUT2D eigenvalue weighted by molar-refractivity contribution is -0.121. The number of carbonyl (C=O) groups excluding carboxylic acids is 1. The molecule has 1 N–H and O–H groups in total. The molecule has 0 aromatic rings. The van der Waals surface area contributed by atoms with Gasteiger partial charge in [-0.3, -0.25) is 9.69 Å². The third-order valence-corrected chi connectivity index (χ3v) is 3.11. The number of nitrogens with one attached hydrogen (secondary N) is 1. The summed E-state index contributed by atoms with van der Waals surface area (Å²) in [7, 11) is 0. The molecule has 0 radical (unpaired) electrons. The standard InChI is InChI=1S/C13H26N2O2/c1-2-3-4-5-6-13(16)14-7-8-15-9-11-17-12-10-15/h2-12H2,1H3,(H,14,16). The molecule has 4 heteroatoms. The predicted molar refractivity (Wildman–Crippen MR) is 69.0 cm³/mol. The second-order valence-electron chi connectivity index (χ2n) is 4.61. The van der Waals surface area contributed by atoms with Crippen LogP contribution in [0.5, 0.6) is 0 Å². The minimum atomic E-state index is 0.203. The lowest BCUT2D eigenvalue weighted by Crippen LogP contribution is -2.41. The van der Waals surface area contributed by atoms with Crippen LogP contribution in [0.3, 0.4) is 0 Å². The summed E-state index contributed by atoms with van der Waals surface area (Å²) in [5, 5.41) is 2.99. The summed E-state index contributed by atoms with van der Waals surface area (Å²) in [5.41, 5.74) is 0. The van der Waals surface area contributed by atoms with Gasteiger partial charge >= 0.3 is 0 Å². The Balaban J connectivity index is 1.92. The zero-order valence-electron chi connectivity index (χ0n) is 11.0. The molecule has 1 fully saturated rings. The molecule has 0 saturated carbocycles. The van der Waals surface area contributed by atoms with Crippen LogP contribution in [0.15, 0.2) is 0 Å². The lowest BCUT2D eigenvalue weighted by Gasteiger charge is -2.26. The number of rotatable bonds is 8. The van der Waals surface area contributed by atoms with Gasteiger partial charge in [0.25, 0.3) is 0 Å². The van der Waals surface area contributed by atoms with Crippen LogP contribution in [0, 0.1) is 0 Å². The van der Waals surface area contributed by atoms with Crippen molar-refractivity contribution in [3.8, 4) is 0 Å². The first-order valence-electron chi connectivity index (χ1n) is 6.89. The van der Waals surface area contributed by atoms with Crippen LogP contribution in [-0.2, 0) is 9.53 Å². The maximum absolute atomic E-state index is 11.5. The molecule has 1 amide bonds. The second-order valence-corrected chi connectivity index (χ2v) is 4.61. The zero-order chi connectivity index (χ0) is 12.3. The van der Waals surface area contributed by atoms with Gasteiger partial charge in [0.1, 0.15) is 0 Å². The molecule has 4 nitrogen and oxygen atoms in total. The van der Waals surface area contributed by atoms with Crippen molar-refractivity contribution in [3.05, 3.63) is 0 Å². The fourth-order valence-corrected chi connectivity index (χ4v) is 1.98. The maximum atomic E-state index is 11.5. The van der Waals surface area contributed by atoms with E-state index in [0.29, 0.717) is 6.42 Å². The number of nitrogens with zero attached hydrogens (tertiary/aromatic N) is 1. The Morgan fingerprint density at radius 1 is 1.24 bits per heavy atom. The first-order valence-corrected chi connectivity index (χ1v) is 6.89. The first kappa shape index (κ1) is 14.5. The largest absolute Gasteiger partial charge is 0.379 e. The Kier molecular flexibility index (Phi) is 8.01. The topological polar surface area (TPSA) is 41.6 Å². The molecular formula is C13H26N2O2. The van der Waals surface area contributed by atoms with Crippen molar-refractivity contribution in [2.45, 2.75) is 39.0 Å². The highest BCUT2D eigenvalue weighted by atomic mass is 16.5. The highest BCUT2D eigenvalue weighted by Crippen LogP contribution is 2.02. The average molecular weight is 242 g/mol. The van der Waals surface area contributed by atoms with E-state index in [4.69, 9.17) is 4.74 Å². The van der Waals surface area contributed by atoms with Gasteiger partial charge in [0.2, 0.25) is 5.91 Å². The summed E-state index contributed by atoms with van der Waals surface area (Å²) in [5.74, 6) is 0.203. The molecule has 0 spiro atoms. The average Bonchev–Trinajstić information content (AvgIpc) is 2.36. The van der Waals surface area contributed by atoms with Crippen molar-refractivity contribution in [2.24, 2.45) is 0 Å². The van der Waals surface area contributed by atoms with Crippen molar-refractivity contribution in [1.29, 1.82) is 0 Å². The summed E-state index contributed by atoms with van der Waals surface area (Å²) in [6, 6.07) is 0. The molecule has 1 aliphatic heterocycles. The van der Waals surface area contributed by atoms with Gasteiger partial charge in [-0.1, -0.05) is 26.2 Å². The van der Waals surface area contributed by atoms with Gasteiger partial charge in [0.05, 0.1) is 13.2 Å². The lowest BCUT2D eigenvalue weighted by atomic mass is 10.1. The quantitative estimate of drug-likeness (QED) is 0.654. The molecule has 17 heavy (non-hydrogen) atoms. The van der Waals surface area contributed by atoms with Gasteiger partial charge in [-0.15, -0.1) is 0 Å². The number of hydrogen-bond donors (Lipinski definition) is 1. The monoisotopic (exact) mass is 242 g/mol. The van der Waals surface area contributed by atoms with Crippen molar-refractivity contribution < 1.29 is 9.53 Å². The minimum Gasteiger partial charge on any atom is -0.379 e. The van der Waals surface area contributed by atoms with Gasteiger partial charge in [-0.05, 0) is 6.42 Å². The molecule has 100 valence electrons. The highest BCUT2D eigenvalue weighted by molar-refractivity contribution is 5.75. The summed E-state index contributed by atoms with van der Waals surface area (Å²) in [6.07, 6.45) is 5.34. The summed E-state index contributed by atoms with van der Waals surface area (Å²) in [4.78, 5) is 13.8. The zero-order valence-corrected chi connectivity index (χ0v) is 11.0. The van der Waals surface area contributed by atoms with Gasteiger partial charge in [-0.25, -0.2) is 0 Å². The van der Waals surface area contributed by atoms with Crippen LogP contribution in [0.25, 0.3) is 0 Å². The van der Waals surface area contributed by atoms with Crippen LogP contribution in [-0.4, -0.2) is 50.2 Å². The summed E-state index contributed by atoms with van der Waals surface area (Å²) in [6.45, 7) is 7.54. The van der Waals surface area contributed by atoms with Crippen LogP contribution in [0.2, 0.25) is 0 Å². The molecule has 0 aromatic carbocycles. The van der Waals surface area contributed by atoms with E-state index in [1.54, 1.807) is 0 Å². The molecule has 0 aliphatic carbocycles. The van der Waals surface area contributed by atoms with Crippen LogP contribution >= 0.6 is 0 Å². The second kappa shape index (κ2) is 9.42. The SMILES string of the molecule is CCCCCCC(=O)NCCN1CCOCC1. The van der Waals surface area contributed by atoms with Crippen LogP contribution < -0.4 is 5.32 Å². The van der Waals surface area contributed by atoms with E-state index in [0.717, 1.165) is 45.8 Å². The van der Waals surface area contributed by atoms with Gasteiger partial charge in [0.15, 0.2) is 0 Å². The number of unbranched alkanes of at least 4 members (excludes halogenated alkanes) is 3. The first-order chi connectivity index (χ1) is 8.33. The Hall–Kier alpha value is -0.610. The molecule has 0 aromatic heterocycles. The van der Waals surface area contributed by atoms with E-state index in [2.05, 4.69) is 17.1 Å². The van der Waals surface area contributed by atoms with Crippen molar-refractivity contribution in [3.63, 3.8) is 0 Å². The number of amides is 1. The van der Waals surface area contributed by atoms with Crippen molar-refractivity contribution in [2.75, 3.05) is 39.4 Å². The molecule has 0 unspecified atom stereocenters. The third kappa shape index (κ3) is 7.34. The maximum Gasteiger partial charge on any atom is 0.220 e. The Morgan fingerprint density at radius 2 is 2.00 bits per heavy atom. The van der Waals surface area contributed by atoms with E-state index in [1.807, 2.05) is 0 Å². The molecule has 1 aliphatic rings. The van der Waals surface area contributed by atoms with E-state index in [9.17, 15) is 4.79 Å². The number of morpholine rings is 1. The third-order valence-electron chi connectivity index (χ3n) is 3.11. The Morgan fingerprint density at radius 3 is 2.71 bits per heavy atom. The molecule has 1 heterocycles. The summed E-state index contributed by atoms with van der Waals surface area (Å²) >= 11 is 0. The number of carbonyl (C=O) groups is 1. The fraction of sp³-hybridized carbons (Fsp3) is 0.923. The minimum absolute atomic E-state index is 0.203. The van der Waals surface area contributed by atoms with Gasteiger partial charge in [-0.2, -0.15) is 0 Å². The highest BCUT2D eigenvalue weighted by Gasteiger charge is 2.09. The van der Waals surface area contributed by atoms with Crippen LogP contribution in [0.1, 0.15) is 39.0 Å². The predicted octanol–water partition coefficient (Wildman–Crippen LogP) is 1.41. The van der Waals surface area contributed by atoms with E-state index in [1.165, 1.54) is 19.3 Å². The smallest absolute Gasteiger partial charge is 0.220 e. The molecule has 1 rings (SSSR count). The Bertz CT molecular complexity index is 204. The fourth-order valence-electron chi connectivity index (χ4n) is 1.98.